The van der Waals surface area contributed by atoms with Crippen molar-refractivity contribution in [3.05, 3.63) is 71.0 Å². The summed E-state index contributed by atoms with van der Waals surface area (Å²) in [7, 11) is 0. The fourth-order valence-corrected chi connectivity index (χ4v) is 3.02. The molecule has 0 fully saturated rings. The van der Waals surface area contributed by atoms with Gasteiger partial charge in [-0.3, -0.25) is 4.98 Å². The van der Waals surface area contributed by atoms with E-state index in [-0.39, 0.29) is 10.8 Å². The number of hydrogen-bond acceptors (Lipinski definition) is 3. The van der Waals surface area contributed by atoms with Crippen molar-refractivity contribution in [1.82, 2.24) is 9.97 Å². The molecule has 0 atom stereocenters. The Morgan fingerprint density at radius 1 is 0.885 bits per heavy atom. The third kappa shape index (κ3) is 4.16. The van der Waals surface area contributed by atoms with E-state index in [9.17, 15) is 0 Å². The summed E-state index contributed by atoms with van der Waals surface area (Å²) in [4.78, 5) is 8.91. The van der Waals surface area contributed by atoms with Crippen LogP contribution in [0.4, 0.5) is 0 Å². The molecule has 3 rings (SSSR count). The number of hydrogen-bond donors (Lipinski definition) is 0. The Kier molecular flexibility index (Phi) is 4.94. The highest BCUT2D eigenvalue weighted by molar-refractivity contribution is 6.30. The van der Waals surface area contributed by atoms with Crippen LogP contribution in [-0.2, 0) is 17.3 Å². The average molecular weight is 369 g/mol. The summed E-state index contributed by atoms with van der Waals surface area (Å²) in [5.41, 5.74) is 3.26. The second-order valence-corrected chi connectivity index (χ2v) is 8.80. The third-order valence-corrected chi connectivity index (χ3v) is 4.83. The van der Waals surface area contributed by atoms with Gasteiger partial charge in [0, 0.05) is 29.3 Å². The lowest BCUT2D eigenvalue weighted by molar-refractivity contribution is 0.417. The van der Waals surface area contributed by atoms with Crippen LogP contribution < -0.4 is 0 Å². The first kappa shape index (κ1) is 18.7. The van der Waals surface area contributed by atoms with Gasteiger partial charge in [0.15, 0.2) is 11.7 Å². The summed E-state index contributed by atoms with van der Waals surface area (Å²) in [6.07, 6.45) is 4.14. The second-order valence-electron chi connectivity index (χ2n) is 8.37. The van der Waals surface area contributed by atoms with Gasteiger partial charge >= 0.3 is 0 Å². The quantitative estimate of drug-likeness (QED) is 0.549. The number of rotatable bonds is 4. The van der Waals surface area contributed by atoms with E-state index < -0.39 is 0 Å². The molecule has 0 aliphatic heterocycles. The maximum atomic E-state index is 6.01. The summed E-state index contributed by atoms with van der Waals surface area (Å²) in [6.45, 7) is 10.9. The molecule has 0 spiro atoms. The highest BCUT2D eigenvalue weighted by Gasteiger charge is 2.25. The summed E-state index contributed by atoms with van der Waals surface area (Å²) in [5, 5.41) is 0.640. The molecule has 0 amide bonds. The molecule has 2 aromatic heterocycles. The minimum atomic E-state index is -0.192. The average Bonchev–Trinajstić information content (AvgIpc) is 3.02. The summed E-state index contributed by atoms with van der Waals surface area (Å²) in [5.74, 6) is 1.50. The van der Waals surface area contributed by atoms with Crippen molar-refractivity contribution in [3.63, 3.8) is 0 Å². The van der Waals surface area contributed by atoms with Crippen LogP contribution >= 0.6 is 11.6 Å². The van der Waals surface area contributed by atoms with Gasteiger partial charge in [0.05, 0.1) is 11.2 Å². The fraction of sp³-hybridized carbons (Fsp3) is 0.364. The molecule has 26 heavy (non-hydrogen) atoms. The molecule has 136 valence electrons. The van der Waals surface area contributed by atoms with Crippen LogP contribution in [0.2, 0.25) is 5.02 Å². The number of aromatic nitrogens is 2. The lowest BCUT2D eigenvalue weighted by atomic mass is 9.85. The Morgan fingerprint density at radius 3 is 2.15 bits per heavy atom. The van der Waals surface area contributed by atoms with Crippen LogP contribution in [0.1, 0.15) is 51.8 Å². The van der Waals surface area contributed by atoms with Gasteiger partial charge in [0.1, 0.15) is 0 Å². The summed E-state index contributed by atoms with van der Waals surface area (Å²) >= 11 is 5.94. The minimum absolute atomic E-state index is 0.140. The van der Waals surface area contributed by atoms with Crippen molar-refractivity contribution in [2.24, 2.45) is 0 Å². The zero-order chi connectivity index (χ0) is 18.9. The molecule has 1 aromatic carbocycles. The molecule has 3 aromatic rings. The monoisotopic (exact) mass is 368 g/mol. The third-order valence-electron chi connectivity index (χ3n) is 4.60. The maximum Gasteiger partial charge on any atom is 0.195 e. The SMILES string of the molecule is CC(C)(C)c1ccc(-c2cnc(CC(C)(C)c3ccc(Cl)cn3)o2)cc1. The first-order chi connectivity index (χ1) is 12.1. The van der Waals surface area contributed by atoms with Crippen molar-refractivity contribution in [1.29, 1.82) is 0 Å². The van der Waals surface area contributed by atoms with E-state index >= 15 is 0 Å². The molecule has 0 unspecified atom stereocenters. The van der Waals surface area contributed by atoms with Gasteiger partial charge in [-0.05, 0) is 23.1 Å². The molecule has 0 radical (unpaired) electrons. The molecule has 0 bridgehead atoms. The van der Waals surface area contributed by atoms with Crippen LogP contribution in [0.3, 0.4) is 0 Å². The topological polar surface area (TPSA) is 38.9 Å². The van der Waals surface area contributed by atoms with E-state index in [1.807, 2.05) is 12.1 Å². The first-order valence-electron chi connectivity index (χ1n) is 8.83. The second kappa shape index (κ2) is 6.88. The minimum Gasteiger partial charge on any atom is -0.441 e. The number of benzene rings is 1. The zero-order valence-electron chi connectivity index (χ0n) is 16.0. The van der Waals surface area contributed by atoms with Crippen LogP contribution in [-0.4, -0.2) is 9.97 Å². The van der Waals surface area contributed by atoms with E-state index in [1.54, 1.807) is 12.4 Å². The van der Waals surface area contributed by atoms with Crippen LogP contribution in [0.5, 0.6) is 0 Å². The molecule has 0 saturated carbocycles. The summed E-state index contributed by atoms with van der Waals surface area (Å²) in [6, 6.07) is 12.3. The Balaban J connectivity index is 1.78. The number of nitrogens with zero attached hydrogens (tertiary/aromatic N) is 2. The van der Waals surface area contributed by atoms with Gasteiger partial charge in [-0.15, -0.1) is 0 Å². The first-order valence-corrected chi connectivity index (χ1v) is 9.21. The highest BCUT2D eigenvalue weighted by Crippen LogP contribution is 2.30. The fourth-order valence-electron chi connectivity index (χ4n) is 2.90. The maximum absolute atomic E-state index is 6.01. The zero-order valence-corrected chi connectivity index (χ0v) is 16.8. The van der Waals surface area contributed by atoms with Crippen molar-refractivity contribution < 1.29 is 4.42 Å². The van der Waals surface area contributed by atoms with Crippen molar-refractivity contribution >= 4 is 11.6 Å². The lowest BCUT2D eigenvalue weighted by Crippen LogP contribution is -2.22. The normalized spacial score (nSPS) is 12.4. The number of halogens is 1. The molecular weight excluding hydrogens is 344 g/mol. The molecule has 0 aliphatic rings. The lowest BCUT2D eigenvalue weighted by Gasteiger charge is -2.22. The van der Waals surface area contributed by atoms with Gasteiger partial charge in [0.25, 0.3) is 0 Å². The largest absolute Gasteiger partial charge is 0.441 e. The Morgan fingerprint density at radius 2 is 1.58 bits per heavy atom. The van der Waals surface area contributed by atoms with E-state index in [4.69, 9.17) is 16.0 Å². The van der Waals surface area contributed by atoms with Crippen LogP contribution in [0.25, 0.3) is 11.3 Å². The highest BCUT2D eigenvalue weighted by atomic mass is 35.5. The van der Waals surface area contributed by atoms with Gasteiger partial charge in [-0.1, -0.05) is 70.5 Å². The van der Waals surface area contributed by atoms with E-state index in [0.29, 0.717) is 17.3 Å². The molecule has 0 N–H and O–H groups in total. The summed E-state index contributed by atoms with van der Waals surface area (Å²) < 4.78 is 6.01. The molecule has 0 aliphatic carbocycles. The smallest absolute Gasteiger partial charge is 0.195 e. The van der Waals surface area contributed by atoms with E-state index in [2.05, 4.69) is 68.9 Å². The number of pyridine rings is 1. The van der Waals surface area contributed by atoms with Crippen molar-refractivity contribution in [3.8, 4) is 11.3 Å². The Bertz CT molecular complexity index is 872. The standard InChI is InChI=1S/C22H25ClN2O/c1-21(2,3)16-8-6-15(7-9-16)18-14-25-20(26-18)12-22(4,5)19-11-10-17(23)13-24-19/h6-11,13-14H,12H2,1-5H3. The molecular formula is C22H25ClN2O. The Hall–Kier alpha value is -2.13. The van der Waals surface area contributed by atoms with Gasteiger partial charge in [0.2, 0.25) is 0 Å². The molecule has 3 nitrogen and oxygen atoms in total. The predicted octanol–water partition coefficient (Wildman–Crippen LogP) is 6.21. The Labute approximate surface area is 160 Å². The molecule has 2 heterocycles. The van der Waals surface area contributed by atoms with Crippen molar-refractivity contribution in [2.75, 3.05) is 0 Å². The van der Waals surface area contributed by atoms with E-state index in [0.717, 1.165) is 17.0 Å². The van der Waals surface area contributed by atoms with Crippen LogP contribution in [0.15, 0.2) is 53.2 Å². The van der Waals surface area contributed by atoms with Gasteiger partial charge in [-0.25, -0.2) is 4.98 Å². The van der Waals surface area contributed by atoms with Crippen molar-refractivity contribution in [2.45, 2.75) is 51.9 Å². The van der Waals surface area contributed by atoms with Gasteiger partial charge < -0.3 is 4.42 Å². The molecule has 4 heteroatoms. The van der Waals surface area contributed by atoms with Crippen LogP contribution in [0, 0.1) is 0 Å². The van der Waals surface area contributed by atoms with Gasteiger partial charge in [-0.2, -0.15) is 0 Å². The molecule has 0 saturated heterocycles. The predicted molar refractivity (Wildman–Crippen MR) is 107 cm³/mol. The van der Waals surface area contributed by atoms with E-state index in [1.165, 1.54) is 5.56 Å². The number of oxazole rings is 1.